The highest BCUT2D eigenvalue weighted by molar-refractivity contribution is 6.30. The molecule has 1 aromatic carbocycles. The second-order valence-electron chi connectivity index (χ2n) is 6.40. The molecule has 0 atom stereocenters. The predicted molar refractivity (Wildman–Crippen MR) is 88.7 cm³/mol. The van der Waals surface area contributed by atoms with Crippen LogP contribution in [-0.2, 0) is 9.53 Å². The van der Waals surface area contributed by atoms with E-state index in [1.165, 1.54) is 7.11 Å². The molecule has 0 fully saturated rings. The van der Waals surface area contributed by atoms with Crippen molar-refractivity contribution >= 4 is 23.3 Å². The Bertz CT molecular complexity index is 462. The monoisotopic (exact) mass is 311 g/mol. The van der Waals surface area contributed by atoms with E-state index in [0.29, 0.717) is 29.7 Å². The average Bonchev–Trinajstić information content (AvgIpc) is 2.35. The zero-order chi connectivity index (χ0) is 16.0. The van der Waals surface area contributed by atoms with Crippen molar-refractivity contribution in [2.24, 2.45) is 11.8 Å². The van der Waals surface area contributed by atoms with Gasteiger partial charge in [-0.05, 0) is 42.9 Å². The van der Waals surface area contributed by atoms with Gasteiger partial charge in [0, 0.05) is 10.7 Å². The Hall–Kier alpha value is -1.22. The molecule has 0 aliphatic heterocycles. The molecule has 0 radical (unpaired) electrons. The predicted octanol–water partition coefficient (Wildman–Crippen LogP) is 4.76. The number of carbonyl (C=O) groups excluding carboxylic acids is 1. The van der Waals surface area contributed by atoms with Crippen LogP contribution < -0.4 is 5.32 Å². The van der Waals surface area contributed by atoms with E-state index < -0.39 is 5.54 Å². The molecule has 0 aromatic heterocycles. The smallest absolute Gasteiger partial charge is 0.331 e. The lowest BCUT2D eigenvalue weighted by Gasteiger charge is -2.36. The number of ether oxygens (including phenoxy) is 1. The standard InChI is InChI=1S/C17H26ClNO2/c1-12(2)10-17(11-13(3)4,16(20)21-5)19-15-8-6-7-14(18)9-15/h6-9,12-13,19H,10-11H2,1-5H3. The summed E-state index contributed by atoms with van der Waals surface area (Å²) in [4.78, 5) is 12.5. The van der Waals surface area contributed by atoms with E-state index in [-0.39, 0.29) is 5.97 Å². The fourth-order valence-electron chi connectivity index (χ4n) is 2.83. The van der Waals surface area contributed by atoms with Gasteiger partial charge in [0.15, 0.2) is 0 Å². The van der Waals surface area contributed by atoms with Crippen LogP contribution in [0.5, 0.6) is 0 Å². The van der Waals surface area contributed by atoms with E-state index in [1.54, 1.807) is 0 Å². The summed E-state index contributed by atoms with van der Waals surface area (Å²) in [6.45, 7) is 8.44. The average molecular weight is 312 g/mol. The van der Waals surface area contributed by atoms with Gasteiger partial charge in [0.1, 0.15) is 5.54 Å². The molecular formula is C17H26ClNO2. The van der Waals surface area contributed by atoms with Gasteiger partial charge in [-0.1, -0.05) is 45.4 Å². The molecular weight excluding hydrogens is 286 g/mol. The molecule has 0 unspecified atom stereocenters. The van der Waals surface area contributed by atoms with Gasteiger partial charge in [-0.25, -0.2) is 4.79 Å². The number of esters is 1. The maximum absolute atomic E-state index is 12.5. The first kappa shape index (κ1) is 17.8. The van der Waals surface area contributed by atoms with Crippen LogP contribution in [0, 0.1) is 11.8 Å². The molecule has 0 aliphatic carbocycles. The fraction of sp³-hybridized carbons (Fsp3) is 0.588. The molecule has 0 aliphatic rings. The molecule has 21 heavy (non-hydrogen) atoms. The van der Waals surface area contributed by atoms with E-state index >= 15 is 0 Å². The maximum Gasteiger partial charge on any atom is 0.331 e. The summed E-state index contributed by atoms with van der Waals surface area (Å²) in [5.74, 6) is 0.522. The highest BCUT2D eigenvalue weighted by Crippen LogP contribution is 2.31. The number of anilines is 1. The number of benzene rings is 1. The molecule has 1 rings (SSSR count). The molecule has 0 spiro atoms. The minimum Gasteiger partial charge on any atom is -0.467 e. The number of hydrogen-bond acceptors (Lipinski definition) is 3. The number of hydrogen-bond donors (Lipinski definition) is 1. The van der Waals surface area contributed by atoms with Crippen LogP contribution in [0.25, 0.3) is 0 Å². The minimum absolute atomic E-state index is 0.218. The largest absolute Gasteiger partial charge is 0.467 e. The quantitative estimate of drug-likeness (QED) is 0.738. The lowest BCUT2D eigenvalue weighted by atomic mass is 9.81. The zero-order valence-corrected chi connectivity index (χ0v) is 14.3. The third-order valence-corrected chi connectivity index (χ3v) is 3.53. The molecule has 0 saturated heterocycles. The van der Waals surface area contributed by atoms with Crippen molar-refractivity contribution < 1.29 is 9.53 Å². The Morgan fingerprint density at radius 1 is 1.24 bits per heavy atom. The molecule has 4 heteroatoms. The Labute approximate surface area is 133 Å². The van der Waals surface area contributed by atoms with E-state index in [4.69, 9.17) is 16.3 Å². The van der Waals surface area contributed by atoms with Crippen LogP contribution in [0.15, 0.2) is 24.3 Å². The van der Waals surface area contributed by atoms with Gasteiger partial charge in [-0.2, -0.15) is 0 Å². The SMILES string of the molecule is COC(=O)C(CC(C)C)(CC(C)C)Nc1cccc(Cl)c1. The van der Waals surface area contributed by atoms with Crippen molar-refractivity contribution in [1.29, 1.82) is 0 Å². The summed E-state index contributed by atoms with van der Waals surface area (Å²) >= 11 is 6.04. The normalized spacial score (nSPS) is 11.8. The lowest BCUT2D eigenvalue weighted by molar-refractivity contribution is -0.147. The topological polar surface area (TPSA) is 38.3 Å². The number of rotatable bonds is 7. The molecule has 1 aromatic rings. The van der Waals surface area contributed by atoms with Gasteiger partial charge in [0.25, 0.3) is 0 Å². The Kier molecular flexibility index (Phi) is 6.53. The number of carbonyl (C=O) groups is 1. The molecule has 0 heterocycles. The van der Waals surface area contributed by atoms with Crippen LogP contribution in [0.4, 0.5) is 5.69 Å². The number of methoxy groups -OCH3 is 1. The van der Waals surface area contributed by atoms with Gasteiger partial charge in [-0.15, -0.1) is 0 Å². The Morgan fingerprint density at radius 2 is 1.81 bits per heavy atom. The van der Waals surface area contributed by atoms with Crippen LogP contribution in [0.1, 0.15) is 40.5 Å². The van der Waals surface area contributed by atoms with Crippen LogP contribution >= 0.6 is 11.6 Å². The summed E-state index contributed by atoms with van der Waals surface area (Å²) in [5, 5.41) is 4.03. The van der Waals surface area contributed by atoms with Crippen molar-refractivity contribution in [3.05, 3.63) is 29.3 Å². The summed E-state index contributed by atoms with van der Waals surface area (Å²) in [7, 11) is 1.44. The minimum atomic E-state index is -0.720. The highest BCUT2D eigenvalue weighted by atomic mass is 35.5. The molecule has 3 nitrogen and oxygen atoms in total. The molecule has 1 N–H and O–H groups in total. The number of nitrogens with one attached hydrogen (secondary N) is 1. The van der Waals surface area contributed by atoms with Crippen molar-refractivity contribution in [3.63, 3.8) is 0 Å². The first-order valence-electron chi connectivity index (χ1n) is 7.41. The summed E-state index contributed by atoms with van der Waals surface area (Å²) in [6, 6.07) is 7.44. The van der Waals surface area contributed by atoms with Crippen molar-refractivity contribution in [2.45, 2.75) is 46.1 Å². The maximum atomic E-state index is 12.5. The van der Waals surface area contributed by atoms with Crippen LogP contribution in [0.3, 0.4) is 0 Å². The summed E-state index contributed by atoms with van der Waals surface area (Å²) in [6.07, 6.45) is 1.43. The van der Waals surface area contributed by atoms with Gasteiger partial charge >= 0.3 is 5.97 Å². The van der Waals surface area contributed by atoms with Gasteiger partial charge in [-0.3, -0.25) is 0 Å². The zero-order valence-electron chi connectivity index (χ0n) is 13.6. The van der Waals surface area contributed by atoms with Crippen molar-refractivity contribution in [1.82, 2.24) is 0 Å². The first-order chi connectivity index (χ1) is 9.79. The highest BCUT2D eigenvalue weighted by Gasteiger charge is 2.40. The Balaban J connectivity index is 3.16. The number of halogens is 1. The molecule has 0 amide bonds. The molecule has 0 saturated carbocycles. The Morgan fingerprint density at radius 3 is 2.24 bits per heavy atom. The second kappa shape index (κ2) is 7.69. The van der Waals surface area contributed by atoms with Gasteiger partial charge in [0.2, 0.25) is 0 Å². The summed E-state index contributed by atoms with van der Waals surface area (Å²) in [5.41, 5.74) is 0.121. The van der Waals surface area contributed by atoms with Crippen LogP contribution in [-0.4, -0.2) is 18.6 Å². The lowest BCUT2D eigenvalue weighted by Crippen LogP contribution is -2.49. The van der Waals surface area contributed by atoms with Crippen LogP contribution in [0.2, 0.25) is 5.02 Å². The van der Waals surface area contributed by atoms with Gasteiger partial charge < -0.3 is 10.1 Å². The van der Waals surface area contributed by atoms with E-state index in [1.807, 2.05) is 24.3 Å². The third-order valence-electron chi connectivity index (χ3n) is 3.30. The van der Waals surface area contributed by atoms with Crippen molar-refractivity contribution in [3.8, 4) is 0 Å². The van der Waals surface area contributed by atoms with Crippen molar-refractivity contribution in [2.75, 3.05) is 12.4 Å². The van der Waals surface area contributed by atoms with E-state index in [0.717, 1.165) is 5.69 Å². The fourth-order valence-corrected chi connectivity index (χ4v) is 3.03. The van der Waals surface area contributed by atoms with Gasteiger partial charge in [0.05, 0.1) is 7.11 Å². The second-order valence-corrected chi connectivity index (χ2v) is 6.84. The molecule has 0 bridgehead atoms. The summed E-state index contributed by atoms with van der Waals surface area (Å²) < 4.78 is 5.09. The van der Waals surface area contributed by atoms with E-state index in [9.17, 15) is 4.79 Å². The first-order valence-corrected chi connectivity index (χ1v) is 7.79. The third kappa shape index (κ3) is 5.24. The van der Waals surface area contributed by atoms with E-state index in [2.05, 4.69) is 33.0 Å². The molecule has 118 valence electrons.